The molecule has 0 radical (unpaired) electrons. The maximum Gasteiger partial charge on any atom is 0.271 e. The van der Waals surface area contributed by atoms with Crippen molar-refractivity contribution in [1.29, 1.82) is 0 Å². The molecule has 20 heavy (non-hydrogen) atoms. The normalized spacial score (nSPS) is 22.6. The topological polar surface area (TPSA) is 87.6 Å². The first-order valence-electron chi connectivity index (χ1n) is 6.77. The average Bonchev–Trinajstić information content (AvgIpc) is 2.47. The van der Waals surface area contributed by atoms with E-state index in [1.165, 1.54) is 0 Å². The van der Waals surface area contributed by atoms with E-state index in [0.717, 1.165) is 0 Å². The number of ether oxygens (including phenoxy) is 1. The summed E-state index contributed by atoms with van der Waals surface area (Å²) >= 11 is 0. The summed E-state index contributed by atoms with van der Waals surface area (Å²) in [5, 5.41) is 19.9. The van der Waals surface area contributed by atoms with Gasteiger partial charge in [0.15, 0.2) is 11.5 Å². The SMILES string of the molecule is CCNC(=O)c1ccc(N2CC(C)OC(CO)C2)nn1. The molecule has 1 aliphatic heterocycles. The molecule has 1 amide bonds. The third-order valence-corrected chi connectivity index (χ3v) is 3.07. The van der Waals surface area contributed by atoms with Crippen LogP contribution in [0, 0.1) is 0 Å². The highest BCUT2D eigenvalue weighted by molar-refractivity contribution is 5.92. The largest absolute Gasteiger partial charge is 0.394 e. The second-order valence-electron chi connectivity index (χ2n) is 4.79. The lowest BCUT2D eigenvalue weighted by Crippen LogP contribution is -2.48. The van der Waals surface area contributed by atoms with Crippen molar-refractivity contribution in [2.45, 2.75) is 26.1 Å². The van der Waals surface area contributed by atoms with E-state index in [2.05, 4.69) is 15.5 Å². The number of amides is 1. The molecule has 2 atom stereocenters. The molecule has 2 unspecified atom stereocenters. The molecule has 0 bridgehead atoms. The summed E-state index contributed by atoms with van der Waals surface area (Å²) in [5.74, 6) is 0.460. The first-order chi connectivity index (χ1) is 9.63. The molecule has 2 rings (SSSR count). The molecule has 2 heterocycles. The molecule has 7 nitrogen and oxygen atoms in total. The highest BCUT2D eigenvalue weighted by atomic mass is 16.5. The fraction of sp³-hybridized carbons (Fsp3) is 0.615. The van der Waals surface area contributed by atoms with E-state index < -0.39 is 0 Å². The predicted octanol–water partition coefficient (Wildman–Crippen LogP) is -0.188. The predicted molar refractivity (Wildman–Crippen MR) is 73.7 cm³/mol. The Balaban J connectivity index is 2.07. The van der Waals surface area contributed by atoms with Crippen LogP contribution in [0.25, 0.3) is 0 Å². The van der Waals surface area contributed by atoms with Crippen LogP contribution in [-0.4, -0.2) is 59.7 Å². The van der Waals surface area contributed by atoms with Crippen molar-refractivity contribution in [3.05, 3.63) is 17.8 Å². The standard InChI is InChI=1S/C13H20N4O3/c1-3-14-13(19)11-4-5-12(16-15-11)17-6-9(2)20-10(7-17)8-18/h4-5,9-10,18H,3,6-8H2,1-2H3,(H,14,19). The van der Waals surface area contributed by atoms with Gasteiger partial charge in [0.2, 0.25) is 0 Å². The number of nitrogens with zero attached hydrogens (tertiary/aromatic N) is 3. The smallest absolute Gasteiger partial charge is 0.271 e. The minimum atomic E-state index is -0.227. The first-order valence-corrected chi connectivity index (χ1v) is 6.77. The fourth-order valence-electron chi connectivity index (χ4n) is 2.20. The number of aliphatic hydroxyl groups is 1. The molecule has 1 aromatic rings. The highest BCUT2D eigenvalue weighted by Crippen LogP contribution is 2.17. The van der Waals surface area contributed by atoms with Gasteiger partial charge in [0, 0.05) is 19.6 Å². The molecular formula is C13H20N4O3. The van der Waals surface area contributed by atoms with Gasteiger partial charge < -0.3 is 20.1 Å². The van der Waals surface area contributed by atoms with Gasteiger partial charge in [-0.2, -0.15) is 0 Å². The van der Waals surface area contributed by atoms with Crippen molar-refractivity contribution in [1.82, 2.24) is 15.5 Å². The van der Waals surface area contributed by atoms with E-state index >= 15 is 0 Å². The number of anilines is 1. The first kappa shape index (κ1) is 14.7. The van der Waals surface area contributed by atoms with Crippen LogP contribution < -0.4 is 10.2 Å². The van der Waals surface area contributed by atoms with Gasteiger partial charge in [-0.1, -0.05) is 0 Å². The summed E-state index contributed by atoms with van der Waals surface area (Å²) in [6.45, 7) is 5.59. The van der Waals surface area contributed by atoms with Crippen molar-refractivity contribution in [2.24, 2.45) is 0 Å². The summed E-state index contributed by atoms with van der Waals surface area (Å²) in [6.07, 6.45) is -0.200. The summed E-state index contributed by atoms with van der Waals surface area (Å²) in [4.78, 5) is 13.6. The maximum atomic E-state index is 11.6. The van der Waals surface area contributed by atoms with Crippen LogP contribution in [0.15, 0.2) is 12.1 Å². The van der Waals surface area contributed by atoms with E-state index in [1.54, 1.807) is 12.1 Å². The number of carbonyl (C=O) groups excluding carboxylic acids is 1. The summed E-state index contributed by atoms with van der Waals surface area (Å²) < 4.78 is 5.58. The maximum absolute atomic E-state index is 11.6. The number of aliphatic hydroxyl groups excluding tert-OH is 1. The fourth-order valence-corrected chi connectivity index (χ4v) is 2.20. The van der Waals surface area contributed by atoms with Crippen LogP contribution in [0.5, 0.6) is 0 Å². The summed E-state index contributed by atoms with van der Waals surface area (Å²) in [7, 11) is 0. The van der Waals surface area contributed by atoms with Gasteiger partial charge in [0.25, 0.3) is 5.91 Å². The van der Waals surface area contributed by atoms with E-state index in [0.29, 0.717) is 31.1 Å². The minimum Gasteiger partial charge on any atom is -0.394 e. The summed E-state index contributed by atoms with van der Waals surface area (Å²) in [6, 6.07) is 3.42. The monoisotopic (exact) mass is 280 g/mol. The Kier molecular flexibility index (Phi) is 4.86. The Morgan fingerprint density at radius 1 is 1.50 bits per heavy atom. The van der Waals surface area contributed by atoms with Crippen LogP contribution in [0.1, 0.15) is 24.3 Å². The Labute approximate surface area is 117 Å². The van der Waals surface area contributed by atoms with Crippen molar-refractivity contribution >= 4 is 11.7 Å². The molecule has 0 aromatic carbocycles. The number of hydrogen-bond donors (Lipinski definition) is 2. The lowest BCUT2D eigenvalue weighted by atomic mass is 10.2. The zero-order valence-corrected chi connectivity index (χ0v) is 11.7. The second-order valence-corrected chi connectivity index (χ2v) is 4.79. The number of hydrogen-bond acceptors (Lipinski definition) is 6. The molecule has 0 saturated carbocycles. The molecule has 110 valence electrons. The molecule has 1 aromatic heterocycles. The molecule has 1 aliphatic rings. The van der Waals surface area contributed by atoms with E-state index in [1.807, 2.05) is 18.7 Å². The van der Waals surface area contributed by atoms with Crippen LogP contribution >= 0.6 is 0 Å². The number of nitrogens with one attached hydrogen (secondary N) is 1. The average molecular weight is 280 g/mol. The Morgan fingerprint density at radius 3 is 2.90 bits per heavy atom. The minimum absolute atomic E-state index is 0.0192. The molecule has 1 fully saturated rings. The molecule has 7 heteroatoms. The third-order valence-electron chi connectivity index (χ3n) is 3.07. The molecule has 2 N–H and O–H groups in total. The zero-order valence-electron chi connectivity index (χ0n) is 11.7. The number of rotatable bonds is 4. The van der Waals surface area contributed by atoms with E-state index in [-0.39, 0.29) is 24.7 Å². The lowest BCUT2D eigenvalue weighted by Gasteiger charge is -2.36. The molecular weight excluding hydrogens is 260 g/mol. The van der Waals surface area contributed by atoms with Crippen LogP contribution in [0.3, 0.4) is 0 Å². The van der Waals surface area contributed by atoms with E-state index in [4.69, 9.17) is 4.74 Å². The van der Waals surface area contributed by atoms with Gasteiger partial charge in [-0.05, 0) is 26.0 Å². The molecule has 0 aliphatic carbocycles. The van der Waals surface area contributed by atoms with Gasteiger partial charge in [0.1, 0.15) is 0 Å². The molecule has 1 saturated heterocycles. The third kappa shape index (κ3) is 3.43. The number of carbonyl (C=O) groups is 1. The number of morpholine rings is 1. The molecule has 0 spiro atoms. The highest BCUT2D eigenvalue weighted by Gasteiger charge is 2.25. The second kappa shape index (κ2) is 6.62. The van der Waals surface area contributed by atoms with Crippen molar-refractivity contribution in [3.63, 3.8) is 0 Å². The summed E-state index contributed by atoms with van der Waals surface area (Å²) in [5.41, 5.74) is 0.301. The van der Waals surface area contributed by atoms with Gasteiger partial charge in [-0.3, -0.25) is 4.79 Å². The van der Waals surface area contributed by atoms with E-state index in [9.17, 15) is 9.90 Å². The quantitative estimate of drug-likeness (QED) is 0.795. The Morgan fingerprint density at radius 2 is 2.30 bits per heavy atom. The van der Waals surface area contributed by atoms with Crippen LogP contribution in [0.4, 0.5) is 5.82 Å². The number of aromatic nitrogens is 2. The van der Waals surface area contributed by atoms with Gasteiger partial charge in [-0.25, -0.2) is 0 Å². The van der Waals surface area contributed by atoms with Crippen molar-refractivity contribution in [3.8, 4) is 0 Å². The van der Waals surface area contributed by atoms with Gasteiger partial charge in [-0.15, -0.1) is 10.2 Å². The van der Waals surface area contributed by atoms with Gasteiger partial charge >= 0.3 is 0 Å². The van der Waals surface area contributed by atoms with Crippen molar-refractivity contribution in [2.75, 3.05) is 31.1 Å². The Hall–Kier alpha value is -1.73. The van der Waals surface area contributed by atoms with Crippen LogP contribution in [0.2, 0.25) is 0 Å². The van der Waals surface area contributed by atoms with Gasteiger partial charge in [0.05, 0.1) is 18.8 Å². The zero-order chi connectivity index (χ0) is 14.5. The van der Waals surface area contributed by atoms with Crippen molar-refractivity contribution < 1.29 is 14.6 Å². The Bertz CT molecular complexity index is 451. The van der Waals surface area contributed by atoms with Crippen LogP contribution in [-0.2, 0) is 4.74 Å². The lowest BCUT2D eigenvalue weighted by molar-refractivity contribution is -0.0423.